The molecule has 1 aromatic carbocycles. The number of para-hydroxylation sites is 1. The number of hydrogen-bond donors (Lipinski definition) is 0. The van der Waals surface area contributed by atoms with Gasteiger partial charge in [0.2, 0.25) is 0 Å². The minimum absolute atomic E-state index is 0.110. The van der Waals surface area contributed by atoms with Crippen LogP contribution >= 0.6 is 0 Å². The standard InChI is InChI=1S/C18H20N2O2/c1-5-9-16-14(4)20(15-10-7-6-8-11-15)17(19-16)12-22-18(21)13(2)3/h5-8,10-11H,1-2,9,12H2,3-4H3. The van der Waals surface area contributed by atoms with E-state index in [2.05, 4.69) is 18.1 Å². The Balaban J connectivity index is 2.39. The Morgan fingerprint density at radius 3 is 2.64 bits per heavy atom. The Morgan fingerprint density at radius 1 is 1.36 bits per heavy atom. The molecule has 0 aliphatic heterocycles. The molecular formula is C18H20N2O2. The summed E-state index contributed by atoms with van der Waals surface area (Å²) in [5, 5.41) is 0. The maximum atomic E-state index is 11.6. The van der Waals surface area contributed by atoms with E-state index in [0.29, 0.717) is 17.8 Å². The van der Waals surface area contributed by atoms with Gasteiger partial charge in [-0.3, -0.25) is 4.57 Å². The van der Waals surface area contributed by atoms with Crippen LogP contribution in [0.5, 0.6) is 0 Å². The Morgan fingerprint density at radius 2 is 2.05 bits per heavy atom. The number of benzene rings is 1. The average Bonchev–Trinajstić information content (AvgIpc) is 2.82. The van der Waals surface area contributed by atoms with Crippen molar-refractivity contribution in [1.29, 1.82) is 0 Å². The molecule has 0 amide bonds. The number of esters is 1. The molecule has 0 atom stereocenters. The molecule has 0 spiro atoms. The molecule has 0 radical (unpaired) electrons. The zero-order valence-corrected chi connectivity index (χ0v) is 13.0. The highest BCUT2D eigenvalue weighted by atomic mass is 16.5. The summed E-state index contributed by atoms with van der Waals surface area (Å²) in [5.74, 6) is 0.278. The maximum absolute atomic E-state index is 11.6. The zero-order valence-electron chi connectivity index (χ0n) is 13.0. The molecule has 0 unspecified atom stereocenters. The number of aromatic nitrogens is 2. The average molecular weight is 296 g/mol. The van der Waals surface area contributed by atoms with Gasteiger partial charge in [0.05, 0.1) is 5.69 Å². The fraction of sp³-hybridized carbons (Fsp3) is 0.222. The molecular weight excluding hydrogens is 276 g/mol. The summed E-state index contributed by atoms with van der Waals surface area (Å²) in [7, 11) is 0. The van der Waals surface area contributed by atoms with Gasteiger partial charge in [-0.15, -0.1) is 6.58 Å². The van der Waals surface area contributed by atoms with Crippen LogP contribution in [0.3, 0.4) is 0 Å². The van der Waals surface area contributed by atoms with E-state index in [4.69, 9.17) is 4.74 Å². The first kappa shape index (κ1) is 15.8. The van der Waals surface area contributed by atoms with Crippen molar-refractivity contribution in [2.45, 2.75) is 26.9 Å². The van der Waals surface area contributed by atoms with Crippen molar-refractivity contribution in [3.8, 4) is 5.69 Å². The first-order valence-electron chi connectivity index (χ1n) is 7.10. The Hall–Kier alpha value is -2.62. The van der Waals surface area contributed by atoms with Crippen LogP contribution in [0.1, 0.15) is 24.1 Å². The number of allylic oxidation sites excluding steroid dienone is 1. The quantitative estimate of drug-likeness (QED) is 0.465. The van der Waals surface area contributed by atoms with E-state index >= 15 is 0 Å². The molecule has 1 heterocycles. The maximum Gasteiger partial charge on any atom is 0.333 e. The topological polar surface area (TPSA) is 44.1 Å². The lowest BCUT2D eigenvalue weighted by molar-refractivity contribution is -0.140. The zero-order chi connectivity index (χ0) is 16.1. The Labute approximate surface area is 130 Å². The molecule has 0 saturated carbocycles. The minimum Gasteiger partial charge on any atom is -0.454 e. The number of ether oxygens (including phenoxy) is 1. The highest BCUT2D eigenvalue weighted by molar-refractivity contribution is 5.86. The van der Waals surface area contributed by atoms with Crippen molar-refractivity contribution in [1.82, 2.24) is 9.55 Å². The largest absolute Gasteiger partial charge is 0.454 e. The molecule has 114 valence electrons. The van der Waals surface area contributed by atoms with Crippen molar-refractivity contribution >= 4 is 5.97 Å². The summed E-state index contributed by atoms with van der Waals surface area (Å²) in [6.45, 7) is 11.1. The van der Waals surface area contributed by atoms with Gasteiger partial charge in [0.25, 0.3) is 0 Å². The third-order valence-electron chi connectivity index (χ3n) is 3.31. The lowest BCUT2D eigenvalue weighted by Crippen LogP contribution is -2.09. The number of carbonyl (C=O) groups excluding carboxylic acids is 1. The van der Waals surface area contributed by atoms with Gasteiger partial charge in [-0.25, -0.2) is 9.78 Å². The SMILES string of the molecule is C=CCc1nc(COC(=O)C(=C)C)n(-c2ccccc2)c1C. The fourth-order valence-corrected chi connectivity index (χ4v) is 2.21. The smallest absolute Gasteiger partial charge is 0.333 e. The van der Waals surface area contributed by atoms with E-state index in [9.17, 15) is 4.79 Å². The number of nitrogens with zero attached hydrogens (tertiary/aromatic N) is 2. The second kappa shape index (κ2) is 6.89. The lowest BCUT2D eigenvalue weighted by Gasteiger charge is -2.10. The van der Waals surface area contributed by atoms with Crippen LogP contribution in [-0.4, -0.2) is 15.5 Å². The van der Waals surface area contributed by atoms with Gasteiger partial charge in [0.1, 0.15) is 6.61 Å². The molecule has 4 heteroatoms. The Bertz CT molecular complexity index is 699. The molecule has 0 bridgehead atoms. The van der Waals surface area contributed by atoms with Gasteiger partial charge in [-0.1, -0.05) is 30.9 Å². The van der Waals surface area contributed by atoms with Crippen LogP contribution in [0.4, 0.5) is 0 Å². The van der Waals surface area contributed by atoms with E-state index in [1.807, 2.05) is 47.9 Å². The van der Waals surface area contributed by atoms with Crippen molar-refractivity contribution in [2.75, 3.05) is 0 Å². The summed E-state index contributed by atoms with van der Waals surface area (Å²) in [6.07, 6.45) is 2.49. The number of imidazole rings is 1. The van der Waals surface area contributed by atoms with E-state index in [1.165, 1.54) is 0 Å². The molecule has 0 aliphatic carbocycles. The van der Waals surface area contributed by atoms with E-state index in [-0.39, 0.29) is 6.61 Å². The number of rotatable bonds is 6. The van der Waals surface area contributed by atoms with E-state index in [0.717, 1.165) is 17.1 Å². The van der Waals surface area contributed by atoms with Gasteiger partial charge >= 0.3 is 5.97 Å². The van der Waals surface area contributed by atoms with Gasteiger partial charge in [-0.2, -0.15) is 0 Å². The molecule has 2 aromatic rings. The molecule has 0 saturated heterocycles. The van der Waals surface area contributed by atoms with Gasteiger partial charge in [-0.05, 0) is 26.0 Å². The third kappa shape index (κ3) is 3.34. The highest BCUT2D eigenvalue weighted by Crippen LogP contribution is 2.19. The second-order valence-corrected chi connectivity index (χ2v) is 5.08. The number of carbonyl (C=O) groups is 1. The van der Waals surface area contributed by atoms with Crippen LogP contribution < -0.4 is 0 Å². The molecule has 0 aliphatic rings. The van der Waals surface area contributed by atoms with Crippen LogP contribution in [0.2, 0.25) is 0 Å². The monoisotopic (exact) mass is 296 g/mol. The van der Waals surface area contributed by atoms with Crippen molar-refractivity contribution < 1.29 is 9.53 Å². The summed E-state index contributed by atoms with van der Waals surface area (Å²) >= 11 is 0. The van der Waals surface area contributed by atoms with Gasteiger partial charge < -0.3 is 4.74 Å². The Kier molecular flexibility index (Phi) is 4.94. The fourth-order valence-electron chi connectivity index (χ4n) is 2.21. The minimum atomic E-state index is -0.412. The van der Waals surface area contributed by atoms with Crippen molar-refractivity contribution in [3.63, 3.8) is 0 Å². The highest BCUT2D eigenvalue weighted by Gasteiger charge is 2.16. The first-order chi connectivity index (χ1) is 10.5. The predicted octanol–water partition coefficient (Wildman–Crippen LogP) is 3.53. The summed E-state index contributed by atoms with van der Waals surface area (Å²) in [4.78, 5) is 16.2. The molecule has 0 N–H and O–H groups in total. The summed E-state index contributed by atoms with van der Waals surface area (Å²) in [6, 6.07) is 9.88. The molecule has 0 fully saturated rings. The molecule has 1 aromatic heterocycles. The summed E-state index contributed by atoms with van der Waals surface area (Å²) in [5.41, 5.74) is 3.32. The second-order valence-electron chi connectivity index (χ2n) is 5.08. The first-order valence-corrected chi connectivity index (χ1v) is 7.10. The van der Waals surface area contributed by atoms with Crippen molar-refractivity contribution in [2.24, 2.45) is 0 Å². The normalized spacial score (nSPS) is 10.3. The van der Waals surface area contributed by atoms with Crippen LogP contribution in [0.15, 0.2) is 55.1 Å². The molecule has 4 nitrogen and oxygen atoms in total. The number of hydrogen-bond acceptors (Lipinski definition) is 3. The third-order valence-corrected chi connectivity index (χ3v) is 3.31. The van der Waals surface area contributed by atoms with Crippen LogP contribution in [-0.2, 0) is 22.6 Å². The van der Waals surface area contributed by atoms with Gasteiger partial charge in [0, 0.05) is 23.4 Å². The molecule has 22 heavy (non-hydrogen) atoms. The lowest BCUT2D eigenvalue weighted by atomic mass is 10.2. The van der Waals surface area contributed by atoms with Crippen LogP contribution in [0.25, 0.3) is 5.69 Å². The van der Waals surface area contributed by atoms with Gasteiger partial charge in [0.15, 0.2) is 5.82 Å². The van der Waals surface area contributed by atoms with E-state index in [1.54, 1.807) is 6.92 Å². The van der Waals surface area contributed by atoms with Crippen molar-refractivity contribution in [3.05, 3.63) is 72.4 Å². The predicted molar refractivity (Wildman–Crippen MR) is 86.8 cm³/mol. The van der Waals surface area contributed by atoms with Crippen LogP contribution in [0, 0.1) is 6.92 Å². The summed E-state index contributed by atoms with van der Waals surface area (Å²) < 4.78 is 7.25. The van der Waals surface area contributed by atoms with E-state index < -0.39 is 5.97 Å². The molecule has 2 rings (SSSR count).